The highest BCUT2D eigenvalue weighted by molar-refractivity contribution is 5.70. The van der Waals surface area contributed by atoms with E-state index in [9.17, 15) is 19.5 Å². The number of hydrogen-bond acceptors (Lipinski definition) is 7. The smallest absolute Gasteiger partial charge is 0.306 e. The van der Waals surface area contributed by atoms with Crippen LogP contribution in [0.3, 0.4) is 0 Å². The van der Waals surface area contributed by atoms with E-state index in [1.807, 2.05) is 0 Å². The Morgan fingerprint density at radius 3 is 1.11 bits per heavy atom. The summed E-state index contributed by atoms with van der Waals surface area (Å²) in [6, 6.07) is -0.719. The lowest BCUT2D eigenvalue weighted by Crippen LogP contribution is -2.55. The maximum absolute atomic E-state index is 12.7. The van der Waals surface area contributed by atoms with Crippen molar-refractivity contribution < 1.29 is 38.2 Å². The van der Waals surface area contributed by atoms with Crippen LogP contribution in [0.5, 0.6) is 0 Å². The van der Waals surface area contributed by atoms with Crippen molar-refractivity contribution in [1.82, 2.24) is 0 Å². The molecule has 0 aliphatic rings. The van der Waals surface area contributed by atoms with E-state index >= 15 is 0 Å². The molecule has 2 unspecified atom stereocenters. The summed E-state index contributed by atoms with van der Waals surface area (Å²) >= 11 is 0. The number of nitrogens with zero attached hydrogens (tertiary/aromatic N) is 1. The maximum Gasteiger partial charge on any atom is 0.306 e. The van der Waals surface area contributed by atoms with Gasteiger partial charge in [-0.05, 0) is 12.8 Å². The number of hydrogen-bond donors (Lipinski definition) is 0. The summed E-state index contributed by atoms with van der Waals surface area (Å²) in [7, 11) is 5.42. The van der Waals surface area contributed by atoms with Crippen molar-refractivity contribution in [3.8, 4) is 0 Å². The zero-order valence-corrected chi connectivity index (χ0v) is 37.8. The first-order valence-corrected chi connectivity index (χ1v) is 24.1. The minimum Gasteiger partial charge on any atom is -0.544 e. The van der Waals surface area contributed by atoms with Gasteiger partial charge in [0.2, 0.25) is 0 Å². The number of aliphatic carboxylic acids is 1. The lowest BCUT2D eigenvalue weighted by molar-refractivity contribution is -0.889. The highest BCUT2D eigenvalue weighted by Crippen LogP contribution is 2.17. The Bertz CT molecular complexity index is 889. The van der Waals surface area contributed by atoms with Gasteiger partial charge in [-0.25, -0.2) is 0 Å². The SMILES string of the molecule is CCCCCCCCCCCCCCCCCCCCCCCC(=O)OCC(COCCC(C(=O)[O-])[N+](C)(C)C)OC(=O)CCCCCCCCCCCCC. The number of carboxylic acid groups (broad SMARTS) is 1. The van der Waals surface area contributed by atoms with E-state index in [2.05, 4.69) is 13.8 Å². The Hall–Kier alpha value is -1.67. The van der Waals surface area contributed by atoms with Crippen LogP contribution in [-0.4, -0.2) is 75.5 Å². The summed E-state index contributed by atoms with van der Waals surface area (Å²) in [5.74, 6) is -1.71. The van der Waals surface area contributed by atoms with Crippen LogP contribution in [0.4, 0.5) is 0 Å². The van der Waals surface area contributed by atoms with Gasteiger partial charge >= 0.3 is 11.9 Å². The molecule has 2 atom stereocenters. The van der Waals surface area contributed by atoms with Crippen LogP contribution >= 0.6 is 0 Å². The summed E-state index contributed by atoms with van der Waals surface area (Å²) in [5.41, 5.74) is 0. The molecule has 0 aliphatic carbocycles. The number of ether oxygens (including phenoxy) is 3. The zero-order chi connectivity index (χ0) is 41.4. The fraction of sp³-hybridized carbons (Fsp3) is 0.938. The summed E-state index contributed by atoms with van der Waals surface area (Å²) in [6.07, 6.45) is 41.3. The lowest BCUT2D eigenvalue weighted by atomic mass is 10.0. The molecule has 0 aromatic rings. The summed E-state index contributed by atoms with van der Waals surface area (Å²) in [5, 5.41) is 11.6. The second kappa shape index (κ2) is 40.1. The van der Waals surface area contributed by atoms with Gasteiger partial charge in [0.15, 0.2) is 6.10 Å². The van der Waals surface area contributed by atoms with E-state index in [1.165, 1.54) is 167 Å². The van der Waals surface area contributed by atoms with E-state index in [-0.39, 0.29) is 42.7 Å². The molecule has 0 N–H and O–H groups in total. The quantitative estimate of drug-likeness (QED) is 0.0344. The monoisotopic (exact) mass is 796 g/mol. The van der Waals surface area contributed by atoms with Crippen molar-refractivity contribution in [2.75, 3.05) is 41.0 Å². The van der Waals surface area contributed by atoms with Crippen molar-refractivity contribution in [3.05, 3.63) is 0 Å². The van der Waals surface area contributed by atoms with Crippen LogP contribution in [0, 0.1) is 0 Å². The van der Waals surface area contributed by atoms with Crippen LogP contribution in [0.2, 0.25) is 0 Å². The van der Waals surface area contributed by atoms with Gasteiger partial charge < -0.3 is 28.6 Å². The molecule has 56 heavy (non-hydrogen) atoms. The topological polar surface area (TPSA) is 102 Å². The number of quaternary nitrogens is 1. The Labute approximate surface area is 346 Å². The van der Waals surface area contributed by atoms with Crippen molar-refractivity contribution in [2.24, 2.45) is 0 Å². The molecule has 0 fully saturated rings. The Morgan fingerprint density at radius 2 is 0.786 bits per heavy atom. The Kier molecular flexibility index (Phi) is 38.9. The average Bonchev–Trinajstić information content (AvgIpc) is 3.15. The predicted octanol–water partition coefficient (Wildman–Crippen LogP) is 12.0. The molecule has 0 heterocycles. The average molecular weight is 796 g/mol. The number of esters is 2. The maximum atomic E-state index is 12.7. The fourth-order valence-corrected chi connectivity index (χ4v) is 7.49. The van der Waals surface area contributed by atoms with Gasteiger partial charge in [0.1, 0.15) is 12.6 Å². The Morgan fingerprint density at radius 1 is 0.464 bits per heavy atom. The highest BCUT2D eigenvalue weighted by atomic mass is 16.6. The number of carboxylic acids is 1. The van der Waals surface area contributed by atoms with Gasteiger partial charge in [0.25, 0.3) is 0 Å². The standard InChI is InChI=1S/C48H93NO7/c1-6-8-10-12-14-16-18-19-20-21-22-23-24-25-26-27-29-30-32-34-36-38-46(50)55-43-44(42-54-41-40-45(48(52)53)49(3,4)5)56-47(51)39-37-35-33-31-28-17-15-13-11-9-7-2/h44-45H,6-43H2,1-5H3. The minimum absolute atomic E-state index is 0.0492. The van der Waals surface area contributed by atoms with Crippen molar-refractivity contribution in [1.29, 1.82) is 0 Å². The Balaban J connectivity index is 4.14. The highest BCUT2D eigenvalue weighted by Gasteiger charge is 2.25. The van der Waals surface area contributed by atoms with E-state index in [1.54, 1.807) is 21.1 Å². The number of likely N-dealkylation sites (N-methyl/N-ethyl adjacent to an activating group) is 1. The number of unbranched alkanes of at least 4 members (excludes halogenated alkanes) is 30. The molecule has 8 heteroatoms. The molecule has 8 nitrogen and oxygen atoms in total. The predicted molar refractivity (Wildman–Crippen MR) is 231 cm³/mol. The minimum atomic E-state index is -1.12. The largest absolute Gasteiger partial charge is 0.544 e. The molecule has 0 radical (unpaired) electrons. The van der Waals surface area contributed by atoms with Gasteiger partial charge in [-0.2, -0.15) is 0 Å². The third-order valence-electron chi connectivity index (χ3n) is 11.2. The first-order chi connectivity index (χ1) is 27.1. The molecule has 0 aromatic carbocycles. The summed E-state index contributed by atoms with van der Waals surface area (Å²) in [6.45, 7) is 4.70. The number of rotatable bonds is 44. The second-order valence-electron chi connectivity index (χ2n) is 17.7. The van der Waals surface area contributed by atoms with Gasteiger partial charge in [-0.1, -0.05) is 206 Å². The normalized spacial score (nSPS) is 12.8. The molecule has 0 spiro atoms. The van der Waals surface area contributed by atoms with Crippen molar-refractivity contribution in [3.63, 3.8) is 0 Å². The molecular formula is C48H93NO7. The van der Waals surface area contributed by atoms with Crippen LogP contribution < -0.4 is 5.11 Å². The van der Waals surface area contributed by atoms with Gasteiger partial charge in [0, 0.05) is 19.3 Å². The van der Waals surface area contributed by atoms with E-state index in [4.69, 9.17) is 14.2 Å². The molecular weight excluding hydrogens is 703 g/mol. The molecule has 0 bridgehead atoms. The van der Waals surface area contributed by atoms with Gasteiger partial charge in [0.05, 0.1) is 40.3 Å². The number of carbonyl (C=O) groups is 3. The van der Waals surface area contributed by atoms with Crippen molar-refractivity contribution >= 4 is 17.9 Å². The molecule has 0 rings (SSSR count). The molecule has 0 amide bonds. The molecule has 0 aliphatic heterocycles. The molecule has 332 valence electrons. The van der Waals surface area contributed by atoms with E-state index in [0.717, 1.165) is 38.5 Å². The van der Waals surface area contributed by atoms with Crippen LogP contribution in [0.15, 0.2) is 0 Å². The van der Waals surface area contributed by atoms with Gasteiger partial charge in [-0.3, -0.25) is 9.59 Å². The first kappa shape index (κ1) is 54.3. The van der Waals surface area contributed by atoms with Crippen LogP contribution in [-0.2, 0) is 28.6 Å². The van der Waals surface area contributed by atoms with Crippen LogP contribution in [0.1, 0.15) is 239 Å². The lowest BCUT2D eigenvalue weighted by Gasteiger charge is -2.34. The summed E-state index contributed by atoms with van der Waals surface area (Å²) < 4.78 is 17.2. The van der Waals surface area contributed by atoms with E-state index in [0.29, 0.717) is 12.8 Å². The number of carbonyl (C=O) groups excluding carboxylic acids is 3. The second-order valence-corrected chi connectivity index (χ2v) is 17.7. The molecule has 0 saturated heterocycles. The third-order valence-corrected chi connectivity index (χ3v) is 11.2. The fourth-order valence-electron chi connectivity index (χ4n) is 7.49. The summed E-state index contributed by atoms with van der Waals surface area (Å²) in [4.78, 5) is 36.9. The van der Waals surface area contributed by atoms with Crippen molar-refractivity contribution in [2.45, 2.75) is 251 Å². The molecule has 0 aromatic heterocycles. The zero-order valence-electron chi connectivity index (χ0n) is 37.8. The van der Waals surface area contributed by atoms with Crippen LogP contribution in [0.25, 0.3) is 0 Å². The van der Waals surface area contributed by atoms with E-state index < -0.39 is 18.1 Å². The van der Waals surface area contributed by atoms with Gasteiger partial charge in [-0.15, -0.1) is 0 Å². The first-order valence-electron chi connectivity index (χ1n) is 24.1. The molecule has 0 saturated carbocycles. The third kappa shape index (κ3) is 37.9.